The van der Waals surface area contributed by atoms with Gasteiger partial charge in [-0.3, -0.25) is 0 Å². The first-order valence-electron chi connectivity index (χ1n) is 14.3. The number of aromatic nitrogens is 2. The van der Waals surface area contributed by atoms with Crippen molar-refractivity contribution in [1.82, 2.24) is 15.3 Å². The number of nitrogens with one attached hydrogen (secondary N) is 3. The maximum Gasteiger partial charge on any atom is 0.225 e. The van der Waals surface area contributed by atoms with E-state index in [1.807, 2.05) is 24.3 Å². The summed E-state index contributed by atoms with van der Waals surface area (Å²) in [5.74, 6) is 3.21. The first-order valence-corrected chi connectivity index (χ1v) is 14.7. The summed E-state index contributed by atoms with van der Waals surface area (Å²) in [5.41, 5.74) is 1.18. The average Bonchev–Trinajstić information content (AvgIpc) is 2.92. The van der Waals surface area contributed by atoms with Crippen LogP contribution in [-0.2, 0) is 6.54 Å². The van der Waals surface area contributed by atoms with Gasteiger partial charge >= 0.3 is 0 Å². The Morgan fingerprint density at radius 1 is 1.05 bits per heavy atom. The summed E-state index contributed by atoms with van der Waals surface area (Å²) in [6, 6.07) is 8.52. The number of hydrogen-bond acceptors (Lipinski definition) is 5. The van der Waals surface area contributed by atoms with Crippen molar-refractivity contribution < 1.29 is 4.39 Å². The Balaban J connectivity index is 1.05. The molecule has 8 heteroatoms. The summed E-state index contributed by atoms with van der Waals surface area (Å²) in [6.07, 6.45) is 12.1. The van der Waals surface area contributed by atoms with Crippen LogP contribution in [0.25, 0.3) is 4.85 Å². The number of rotatable bonds is 9. The Bertz CT molecular complexity index is 1160. The van der Waals surface area contributed by atoms with E-state index < -0.39 is 5.82 Å². The maximum atomic E-state index is 14.7. The van der Waals surface area contributed by atoms with Gasteiger partial charge in [-0.1, -0.05) is 29.8 Å². The van der Waals surface area contributed by atoms with Crippen molar-refractivity contribution in [2.75, 3.05) is 23.7 Å². The van der Waals surface area contributed by atoms with Gasteiger partial charge in [0.15, 0.2) is 11.6 Å². The number of halogens is 2. The van der Waals surface area contributed by atoms with E-state index in [0.29, 0.717) is 35.4 Å². The molecule has 202 valence electrons. The highest BCUT2D eigenvalue weighted by molar-refractivity contribution is 6.31. The molecule has 1 aromatic heterocycles. The summed E-state index contributed by atoms with van der Waals surface area (Å²) in [6.45, 7) is 9.64. The van der Waals surface area contributed by atoms with Gasteiger partial charge in [-0.2, -0.15) is 4.98 Å². The largest absolute Gasteiger partial charge is 0.367 e. The van der Waals surface area contributed by atoms with Gasteiger partial charge in [0, 0.05) is 37.0 Å². The Hall–Kier alpha value is -2.43. The Kier molecular flexibility index (Phi) is 7.46. The summed E-state index contributed by atoms with van der Waals surface area (Å²) in [7, 11) is 0. The lowest BCUT2D eigenvalue weighted by Crippen LogP contribution is -2.60. The van der Waals surface area contributed by atoms with E-state index in [2.05, 4.69) is 30.8 Å². The third-order valence-electron chi connectivity index (χ3n) is 9.81. The van der Waals surface area contributed by atoms with Gasteiger partial charge in [0.05, 0.1) is 6.20 Å². The third kappa shape index (κ3) is 5.49. The molecule has 5 fully saturated rings. The molecule has 5 saturated carbocycles. The van der Waals surface area contributed by atoms with Crippen LogP contribution in [0.1, 0.15) is 63.4 Å². The number of hydrogen-bond donors (Lipinski definition) is 3. The van der Waals surface area contributed by atoms with Crippen molar-refractivity contribution in [3.8, 4) is 0 Å². The van der Waals surface area contributed by atoms with Gasteiger partial charge in [0.25, 0.3) is 0 Å². The fraction of sp³-hybridized carbons (Fsp3) is 0.633. The lowest BCUT2D eigenvalue weighted by molar-refractivity contribution is -0.0702. The van der Waals surface area contributed by atoms with E-state index in [-0.39, 0.29) is 17.3 Å². The minimum absolute atomic E-state index is 0.227. The first-order chi connectivity index (χ1) is 18.5. The van der Waals surface area contributed by atoms with Crippen LogP contribution >= 0.6 is 11.6 Å². The molecule has 1 heterocycles. The lowest BCUT2D eigenvalue weighted by atomic mass is 9.48. The van der Waals surface area contributed by atoms with E-state index in [4.69, 9.17) is 18.2 Å². The van der Waals surface area contributed by atoms with Crippen LogP contribution in [0.4, 0.5) is 16.2 Å². The van der Waals surface area contributed by atoms with Crippen molar-refractivity contribution in [3.05, 3.63) is 58.3 Å². The molecular formula is C30H38ClFN6. The van der Waals surface area contributed by atoms with Crippen molar-refractivity contribution in [2.45, 2.75) is 76.4 Å². The predicted octanol–water partition coefficient (Wildman–Crippen LogP) is 6.56. The van der Waals surface area contributed by atoms with Crippen LogP contribution in [-0.4, -0.2) is 35.1 Å². The molecule has 5 atom stereocenters. The molecule has 0 amide bonds. The van der Waals surface area contributed by atoms with Crippen molar-refractivity contribution in [3.63, 3.8) is 0 Å². The zero-order valence-corrected chi connectivity index (χ0v) is 22.7. The van der Waals surface area contributed by atoms with Crippen LogP contribution < -0.4 is 16.0 Å². The topological polar surface area (TPSA) is 66.2 Å². The molecule has 1 aromatic carbocycles. The van der Waals surface area contributed by atoms with Gasteiger partial charge in [-0.25, -0.2) is 15.9 Å². The minimum atomic E-state index is -0.412. The van der Waals surface area contributed by atoms with E-state index in [1.165, 1.54) is 51.1 Å². The smallest absolute Gasteiger partial charge is 0.225 e. The molecule has 7 rings (SSSR count). The van der Waals surface area contributed by atoms with Crippen LogP contribution in [0.5, 0.6) is 0 Å². The Labute approximate surface area is 230 Å². The highest BCUT2D eigenvalue weighted by atomic mass is 35.5. The van der Waals surface area contributed by atoms with E-state index in [1.54, 1.807) is 0 Å². The number of benzene rings is 1. The molecule has 2 aromatic rings. The Morgan fingerprint density at radius 3 is 2.55 bits per heavy atom. The third-order valence-corrected chi connectivity index (χ3v) is 10.2. The first kappa shape index (κ1) is 25.8. The quantitative estimate of drug-likeness (QED) is 0.317. The molecule has 5 aliphatic carbocycles. The van der Waals surface area contributed by atoms with Crippen molar-refractivity contribution in [2.24, 2.45) is 29.1 Å². The van der Waals surface area contributed by atoms with E-state index in [9.17, 15) is 4.39 Å². The zero-order valence-electron chi connectivity index (χ0n) is 21.9. The fourth-order valence-electron chi connectivity index (χ4n) is 8.19. The van der Waals surface area contributed by atoms with Gasteiger partial charge in [-0.05, 0) is 92.2 Å². The molecule has 0 aliphatic heterocycles. The minimum Gasteiger partial charge on any atom is -0.367 e. The highest BCUT2D eigenvalue weighted by Crippen LogP contribution is 2.60. The SMILES string of the molecule is [C-]#[N+][C@H]1CC[C@@H](CN[C@@H]2[C@@H]3CC4C[C@H]2C[C@@](CNc2nc(NCc5ccccc5Cl)ncc2F)(C4)C3)CC1. The summed E-state index contributed by atoms with van der Waals surface area (Å²) in [4.78, 5) is 12.4. The molecular weight excluding hydrogens is 499 g/mol. The van der Waals surface area contributed by atoms with Crippen molar-refractivity contribution in [1.29, 1.82) is 0 Å². The molecule has 0 radical (unpaired) electrons. The summed E-state index contributed by atoms with van der Waals surface area (Å²) >= 11 is 6.26. The molecule has 6 nitrogen and oxygen atoms in total. The molecule has 5 aliphatic rings. The van der Waals surface area contributed by atoms with Crippen LogP contribution in [0, 0.1) is 41.5 Å². The van der Waals surface area contributed by atoms with Gasteiger partial charge < -0.3 is 20.8 Å². The number of anilines is 2. The monoisotopic (exact) mass is 536 g/mol. The normalized spacial score (nSPS) is 33.6. The number of nitrogens with zero attached hydrogens (tertiary/aromatic N) is 3. The lowest BCUT2D eigenvalue weighted by Gasteiger charge is -2.60. The molecule has 0 spiro atoms. The summed E-state index contributed by atoms with van der Waals surface area (Å²) in [5, 5.41) is 11.3. The van der Waals surface area contributed by atoms with Crippen LogP contribution in [0.2, 0.25) is 5.02 Å². The van der Waals surface area contributed by atoms with Crippen LogP contribution in [0.15, 0.2) is 30.5 Å². The second kappa shape index (κ2) is 11.0. The standard InChI is InChI=1S/C30H38ClFN6/c1-33-24-8-6-19(7-9-24)15-34-27-22-10-20-11-23(27)14-30(12-20,13-22)18-37-28-26(32)17-36-29(38-28)35-16-21-4-2-3-5-25(21)31/h2-5,17,19-20,22-24,27,34H,6-16,18H2,(H2,35,36,37,38)/t19-,20?,22-,23+,24+,27-,30-. The predicted molar refractivity (Wildman–Crippen MR) is 149 cm³/mol. The molecule has 0 saturated heterocycles. The van der Waals surface area contributed by atoms with Crippen molar-refractivity contribution >= 4 is 23.4 Å². The van der Waals surface area contributed by atoms with Crippen LogP contribution in [0.3, 0.4) is 0 Å². The highest BCUT2D eigenvalue weighted by Gasteiger charge is 2.55. The Morgan fingerprint density at radius 2 is 1.82 bits per heavy atom. The molecule has 38 heavy (non-hydrogen) atoms. The molecule has 3 N–H and O–H groups in total. The zero-order chi connectivity index (χ0) is 26.1. The second-order valence-corrected chi connectivity index (χ2v) is 12.8. The maximum absolute atomic E-state index is 14.7. The second-order valence-electron chi connectivity index (χ2n) is 12.4. The molecule has 1 unspecified atom stereocenters. The fourth-order valence-corrected chi connectivity index (χ4v) is 8.39. The average molecular weight is 537 g/mol. The van der Waals surface area contributed by atoms with E-state index >= 15 is 0 Å². The van der Waals surface area contributed by atoms with E-state index in [0.717, 1.165) is 43.3 Å². The van der Waals surface area contributed by atoms with Gasteiger partial charge in [-0.15, -0.1) is 0 Å². The van der Waals surface area contributed by atoms with Gasteiger partial charge in [0.2, 0.25) is 12.0 Å². The molecule has 4 bridgehead atoms. The van der Waals surface area contributed by atoms with Gasteiger partial charge in [0.1, 0.15) is 0 Å². The summed E-state index contributed by atoms with van der Waals surface area (Å²) < 4.78 is 14.7.